The van der Waals surface area contributed by atoms with Crippen LogP contribution in [0.15, 0.2) is 30.3 Å². The lowest BCUT2D eigenvalue weighted by atomic mass is 9.42. The van der Waals surface area contributed by atoms with Gasteiger partial charge in [-0.2, -0.15) is 0 Å². The van der Waals surface area contributed by atoms with Crippen LogP contribution in [0.2, 0.25) is 0 Å². The first-order valence-electron chi connectivity index (χ1n) is 15.3. The Morgan fingerprint density at radius 1 is 1.00 bits per heavy atom. The monoisotopic (exact) mass is 603 g/mol. The van der Waals surface area contributed by atoms with Gasteiger partial charge in [-0.05, 0) is 31.5 Å². The van der Waals surface area contributed by atoms with E-state index in [1.807, 2.05) is 13.1 Å². The molecule has 11 nitrogen and oxygen atoms in total. The molecule has 6 fully saturated rings. The van der Waals surface area contributed by atoms with Gasteiger partial charge in [-0.1, -0.05) is 18.2 Å². The number of rotatable bonds is 8. The molecule has 0 radical (unpaired) electrons. The number of esters is 1. The van der Waals surface area contributed by atoms with E-state index >= 15 is 0 Å². The molecule has 1 aromatic carbocycles. The molecule has 3 N–H and O–H groups in total. The molecule has 6 aliphatic rings. The molecule has 7 rings (SSSR count). The zero-order valence-electron chi connectivity index (χ0n) is 25.7. The van der Waals surface area contributed by atoms with Crippen molar-refractivity contribution in [1.29, 1.82) is 0 Å². The Kier molecular flexibility index (Phi) is 6.92. The number of aliphatic hydroxyl groups excluding tert-OH is 2. The van der Waals surface area contributed by atoms with Gasteiger partial charge in [0.1, 0.15) is 29.5 Å². The maximum Gasteiger partial charge on any atom is 0.338 e. The molecule has 7 bridgehead atoms. The largest absolute Gasteiger partial charge is 0.455 e. The Hall–Kier alpha value is -1.67. The number of likely N-dealkylation sites (tertiary alicyclic amines) is 1. The van der Waals surface area contributed by atoms with Crippen molar-refractivity contribution < 1.29 is 48.5 Å². The van der Waals surface area contributed by atoms with Gasteiger partial charge in [0, 0.05) is 83.1 Å². The van der Waals surface area contributed by atoms with E-state index < -0.39 is 76.5 Å². The Labute approximate surface area is 252 Å². The van der Waals surface area contributed by atoms with Crippen molar-refractivity contribution in [2.24, 2.45) is 34.5 Å². The van der Waals surface area contributed by atoms with Crippen LogP contribution in [0, 0.1) is 34.5 Å². The summed E-state index contributed by atoms with van der Waals surface area (Å²) in [7, 11) is 10.1. The van der Waals surface area contributed by atoms with Gasteiger partial charge in [0.15, 0.2) is 0 Å². The van der Waals surface area contributed by atoms with Crippen LogP contribution in [0.5, 0.6) is 0 Å². The van der Waals surface area contributed by atoms with Crippen LogP contribution < -0.4 is 0 Å². The number of ether oxygens (including phenoxy) is 6. The van der Waals surface area contributed by atoms with Crippen molar-refractivity contribution in [3.05, 3.63) is 35.9 Å². The predicted octanol–water partition coefficient (Wildman–Crippen LogP) is 0.341. The van der Waals surface area contributed by atoms with Gasteiger partial charge in [-0.3, -0.25) is 0 Å². The number of piperidine rings is 1. The van der Waals surface area contributed by atoms with Gasteiger partial charge in [0.05, 0.1) is 30.5 Å². The summed E-state index contributed by atoms with van der Waals surface area (Å²) in [5, 5.41) is 36.9. The van der Waals surface area contributed by atoms with Crippen molar-refractivity contribution >= 4 is 5.97 Å². The molecule has 43 heavy (non-hydrogen) atoms. The summed E-state index contributed by atoms with van der Waals surface area (Å²) in [5.41, 5.74) is -4.01. The van der Waals surface area contributed by atoms with Gasteiger partial charge in [0.2, 0.25) is 0 Å². The number of aliphatic hydroxyl groups is 3. The minimum absolute atomic E-state index is 0.189. The molecule has 1 spiro atoms. The third kappa shape index (κ3) is 3.24. The molecule has 11 heteroatoms. The quantitative estimate of drug-likeness (QED) is 0.355. The average Bonchev–Trinajstić information content (AvgIpc) is 3.38. The van der Waals surface area contributed by atoms with Crippen molar-refractivity contribution in [3.8, 4) is 0 Å². The highest BCUT2D eigenvalue weighted by Gasteiger charge is 2.91. The maximum atomic E-state index is 13.6. The second kappa shape index (κ2) is 9.91. The molecule has 5 aliphatic carbocycles. The summed E-state index contributed by atoms with van der Waals surface area (Å²) in [6.45, 7) is 0.863. The number of methoxy groups -OCH3 is 5. The lowest BCUT2D eigenvalue weighted by molar-refractivity contribution is -0.324. The van der Waals surface area contributed by atoms with Gasteiger partial charge in [-0.25, -0.2) is 4.79 Å². The minimum Gasteiger partial charge on any atom is -0.455 e. The topological polar surface area (TPSA) is 136 Å². The van der Waals surface area contributed by atoms with Crippen LogP contribution in [0.1, 0.15) is 23.2 Å². The van der Waals surface area contributed by atoms with Crippen molar-refractivity contribution in [2.45, 2.75) is 66.7 Å². The molecule has 238 valence electrons. The van der Waals surface area contributed by atoms with Crippen molar-refractivity contribution in [2.75, 3.05) is 55.7 Å². The first kappa shape index (κ1) is 30.0. The molecule has 1 saturated heterocycles. The van der Waals surface area contributed by atoms with Crippen molar-refractivity contribution in [3.63, 3.8) is 0 Å². The van der Waals surface area contributed by atoms with Crippen molar-refractivity contribution in [1.82, 2.24) is 4.90 Å². The van der Waals surface area contributed by atoms with E-state index in [4.69, 9.17) is 28.4 Å². The van der Waals surface area contributed by atoms with E-state index in [1.54, 1.807) is 52.7 Å². The van der Waals surface area contributed by atoms with Gasteiger partial charge in [-0.15, -0.1) is 0 Å². The third-order valence-electron chi connectivity index (χ3n) is 12.9. The SMILES string of the molecule is COC[C@]12CN(C)C3C4[C@H](OC)[C@H]1[C@@]3([C@@H](OC)C[C@H]2O)[C@@H]1C[C@@]2(O)[C@H](OC(=O)c3ccccc3)[C@@H]1[C@]4(OC)[C@@H](O)[C@@H]2OC. The lowest BCUT2D eigenvalue weighted by Gasteiger charge is -2.70. The molecule has 1 aliphatic heterocycles. The number of hydrogen-bond donors (Lipinski definition) is 3. The number of hydrogen-bond acceptors (Lipinski definition) is 11. The molecule has 2 unspecified atom stereocenters. The van der Waals surface area contributed by atoms with E-state index in [0.29, 0.717) is 25.1 Å². The molecular weight excluding hydrogens is 558 g/mol. The molecule has 5 saturated carbocycles. The fourth-order valence-corrected chi connectivity index (χ4v) is 12.1. The first-order valence-corrected chi connectivity index (χ1v) is 15.3. The Balaban J connectivity index is 1.49. The zero-order valence-corrected chi connectivity index (χ0v) is 25.7. The molecule has 0 aromatic heterocycles. The smallest absolute Gasteiger partial charge is 0.338 e. The molecule has 15 atom stereocenters. The molecule has 1 heterocycles. The van der Waals surface area contributed by atoms with Crippen LogP contribution in [0.25, 0.3) is 0 Å². The third-order valence-corrected chi connectivity index (χ3v) is 12.9. The Morgan fingerprint density at radius 3 is 2.33 bits per heavy atom. The number of carbonyl (C=O) groups excluding carboxylic acids is 1. The highest BCUT2D eigenvalue weighted by molar-refractivity contribution is 5.89. The lowest BCUT2D eigenvalue weighted by Crippen LogP contribution is -2.81. The zero-order chi connectivity index (χ0) is 30.7. The van der Waals surface area contributed by atoms with Gasteiger partial charge < -0.3 is 48.6 Å². The minimum atomic E-state index is -1.71. The number of benzene rings is 1. The maximum absolute atomic E-state index is 13.6. The summed E-state index contributed by atoms with van der Waals surface area (Å²) < 4.78 is 37.4. The van der Waals surface area contributed by atoms with Crippen LogP contribution >= 0.6 is 0 Å². The first-order chi connectivity index (χ1) is 20.6. The van der Waals surface area contributed by atoms with Gasteiger partial charge in [0.25, 0.3) is 0 Å². The normalized spacial score (nSPS) is 52.7. The van der Waals surface area contributed by atoms with Gasteiger partial charge >= 0.3 is 5.97 Å². The van der Waals surface area contributed by atoms with E-state index in [1.165, 1.54) is 7.11 Å². The van der Waals surface area contributed by atoms with E-state index in [2.05, 4.69) is 4.90 Å². The summed E-state index contributed by atoms with van der Waals surface area (Å²) in [5.74, 6) is -2.21. The number of carbonyl (C=O) groups is 1. The van der Waals surface area contributed by atoms with E-state index in [0.717, 1.165) is 0 Å². The highest BCUT2D eigenvalue weighted by atomic mass is 16.6. The van der Waals surface area contributed by atoms with E-state index in [9.17, 15) is 20.1 Å². The fraction of sp³-hybridized carbons (Fsp3) is 0.781. The Bertz CT molecular complexity index is 1250. The number of nitrogens with zero attached hydrogens (tertiary/aromatic N) is 1. The van der Waals surface area contributed by atoms with Crippen LogP contribution in [-0.2, 0) is 28.4 Å². The second-order valence-electron chi connectivity index (χ2n) is 13.9. The van der Waals surface area contributed by atoms with Crippen LogP contribution in [-0.4, -0.2) is 136 Å². The van der Waals surface area contributed by atoms with E-state index in [-0.39, 0.29) is 24.3 Å². The number of fused-ring (bicyclic) bond motifs is 2. The molecule has 1 aromatic rings. The molecular formula is C32H45NO10. The second-order valence-corrected chi connectivity index (χ2v) is 13.9. The summed E-state index contributed by atoms with van der Waals surface area (Å²) in [6, 6.07) is 8.51. The Morgan fingerprint density at radius 2 is 1.72 bits per heavy atom. The fourth-order valence-electron chi connectivity index (χ4n) is 12.1. The van der Waals surface area contributed by atoms with Crippen LogP contribution in [0.4, 0.5) is 0 Å². The average molecular weight is 604 g/mol. The highest BCUT2D eigenvalue weighted by Crippen LogP contribution is 2.80. The van der Waals surface area contributed by atoms with Crippen LogP contribution in [0.3, 0.4) is 0 Å². The summed E-state index contributed by atoms with van der Waals surface area (Å²) >= 11 is 0. The molecule has 0 amide bonds. The standard InChI is InChI=1S/C32H45NO10/c1-33-14-29(15-38-2)18(34)12-19(39-3)31-17-13-30(37)26(43-28(36)16-10-8-7-9-11-16)20(17)32(42-6,25(35)27(30)41-5)21(24(31)33)22(40-4)23(29)31/h7-11,17-27,34-35,37H,12-15H2,1-6H3/t17-,18-,19+,20-,21?,22+,23-,24?,25+,26-,27+,29+,30-,31+,32-/m1/s1. The summed E-state index contributed by atoms with van der Waals surface area (Å²) in [4.78, 5) is 15.9. The summed E-state index contributed by atoms with van der Waals surface area (Å²) in [6.07, 6.45) is -4.43. The predicted molar refractivity (Wildman–Crippen MR) is 151 cm³/mol.